The van der Waals surface area contributed by atoms with E-state index in [0.29, 0.717) is 11.5 Å². The van der Waals surface area contributed by atoms with Crippen molar-refractivity contribution in [3.8, 4) is 0 Å². The molecule has 0 bridgehead atoms. The summed E-state index contributed by atoms with van der Waals surface area (Å²) in [6.07, 6.45) is 2.12. The number of thioether (sulfide) groups is 1. The monoisotopic (exact) mass is 298 g/mol. The molecule has 2 heterocycles. The zero-order valence-electron chi connectivity index (χ0n) is 11.3. The van der Waals surface area contributed by atoms with Gasteiger partial charge in [0.05, 0.1) is 6.54 Å². The molecule has 1 aliphatic heterocycles. The Balaban J connectivity index is 1.80. The SMILES string of the molecule is Cc1oc(CNC(=O)NC2CCCSC2)cc1C(=O)O. The number of carbonyl (C=O) groups excluding carboxylic acids is 1. The summed E-state index contributed by atoms with van der Waals surface area (Å²) in [5.74, 6) is 1.85. The van der Waals surface area contributed by atoms with Gasteiger partial charge in [-0.25, -0.2) is 9.59 Å². The van der Waals surface area contributed by atoms with Gasteiger partial charge in [-0.3, -0.25) is 0 Å². The predicted molar refractivity (Wildman–Crippen MR) is 76.1 cm³/mol. The first-order chi connectivity index (χ1) is 9.56. The summed E-state index contributed by atoms with van der Waals surface area (Å²) < 4.78 is 5.29. The number of carboxylic acids is 1. The van der Waals surface area contributed by atoms with Crippen molar-refractivity contribution in [1.29, 1.82) is 0 Å². The molecule has 1 fully saturated rings. The van der Waals surface area contributed by atoms with E-state index in [-0.39, 0.29) is 24.2 Å². The van der Waals surface area contributed by atoms with E-state index in [2.05, 4.69) is 10.6 Å². The number of amides is 2. The van der Waals surface area contributed by atoms with Crippen molar-refractivity contribution in [1.82, 2.24) is 10.6 Å². The highest BCUT2D eigenvalue weighted by Gasteiger charge is 2.17. The van der Waals surface area contributed by atoms with Gasteiger partial charge < -0.3 is 20.2 Å². The molecule has 2 amide bonds. The standard InChI is InChI=1S/C13H18N2O4S/c1-8-11(12(16)17)5-10(19-8)6-14-13(18)15-9-3-2-4-20-7-9/h5,9H,2-4,6-7H2,1H3,(H,16,17)(H2,14,15,18). The van der Waals surface area contributed by atoms with Crippen LogP contribution >= 0.6 is 11.8 Å². The molecular formula is C13H18N2O4S. The molecule has 0 radical (unpaired) electrons. The van der Waals surface area contributed by atoms with Gasteiger partial charge in [-0.2, -0.15) is 11.8 Å². The topological polar surface area (TPSA) is 91.6 Å². The van der Waals surface area contributed by atoms with Gasteiger partial charge in [0.2, 0.25) is 0 Å². The van der Waals surface area contributed by atoms with Crippen LogP contribution in [-0.4, -0.2) is 34.7 Å². The molecule has 0 aromatic carbocycles. The van der Waals surface area contributed by atoms with Crippen molar-refractivity contribution in [3.05, 3.63) is 23.2 Å². The second-order valence-corrected chi connectivity index (χ2v) is 5.88. The van der Waals surface area contributed by atoms with Crippen molar-refractivity contribution in [3.63, 3.8) is 0 Å². The highest BCUT2D eigenvalue weighted by atomic mass is 32.2. The lowest BCUT2D eigenvalue weighted by atomic mass is 10.2. The fourth-order valence-corrected chi connectivity index (χ4v) is 3.17. The average Bonchev–Trinajstić information content (AvgIpc) is 2.79. The van der Waals surface area contributed by atoms with Crippen LogP contribution in [-0.2, 0) is 6.54 Å². The van der Waals surface area contributed by atoms with E-state index in [0.717, 1.165) is 24.3 Å². The number of rotatable bonds is 4. The molecule has 0 aliphatic carbocycles. The van der Waals surface area contributed by atoms with Gasteiger partial charge >= 0.3 is 12.0 Å². The second kappa shape index (κ2) is 6.69. The number of carbonyl (C=O) groups is 2. The zero-order chi connectivity index (χ0) is 14.5. The number of aryl methyl sites for hydroxylation is 1. The normalized spacial score (nSPS) is 18.6. The Bertz CT molecular complexity index is 495. The molecule has 1 aromatic rings. The molecule has 3 N–H and O–H groups in total. The Morgan fingerprint density at radius 1 is 1.55 bits per heavy atom. The Morgan fingerprint density at radius 2 is 2.35 bits per heavy atom. The molecule has 2 rings (SSSR count). The molecule has 1 saturated heterocycles. The van der Waals surface area contributed by atoms with Crippen molar-refractivity contribution in [2.24, 2.45) is 0 Å². The molecular weight excluding hydrogens is 280 g/mol. The summed E-state index contributed by atoms with van der Waals surface area (Å²) in [7, 11) is 0. The van der Waals surface area contributed by atoms with Crippen LogP contribution < -0.4 is 10.6 Å². The number of aromatic carboxylic acids is 1. The molecule has 0 saturated carbocycles. The Morgan fingerprint density at radius 3 is 2.95 bits per heavy atom. The summed E-state index contributed by atoms with van der Waals surface area (Å²) in [5.41, 5.74) is 0.130. The lowest BCUT2D eigenvalue weighted by Gasteiger charge is -2.22. The van der Waals surface area contributed by atoms with E-state index in [9.17, 15) is 9.59 Å². The Hall–Kier alpha value is -1.63. The lowest BCUT2D eigenvalue weighted by molar-refractivity contribution is 0.0695. The molecule has 1 aromatic heterocycles. The molecule has 20 heavy (non-hydrogen) atoms. The van der Waals surface area contributed by atoms with Crippen LogP contribution in [0.25, 0.3) is 0 Å². The van der Waals surface area contributed by atoms with Crippen LogP contribution in [0, 0.1) is 6.92 Å². The quantitative estimate of drug-likeness (QED) is 0.790. The molecule has 6 nitrogen and oxygen atoms in total. The molecule has 1 atom stereocenters. The van der Waals surface area contributed by atoms with E-state index < -0.39 is 5.97 Å². The lowest BCUT2D eigenvalue weighted by Crippen LogP contribution is -2.44. The largest absolute Gasteiger partial charge is 0.478 e. The van der Waals surface area contributed by atoms with Gasteiger partial charge in [0.15, 0.2) is 0 Å². The third-order valence-electron chi connectivity index (χ3n) is 3.12. The van der Waals surface area contributed by atoms with E-state index in [1.807, 2.05) is 11.8 Å². The van der Waals surface area contributed by atoms with Crippen molar-refractivity contribution in [2.45, 2.75) is 32.4 Å². The maximum Gasteiger partial charge on any atom is 0.339 e. The minimum atomic E-state index is -1.03. The van der Waals surface area contributed by atoms with Crippen LogP contribution in [0.5, 0.6) is 0 Å². The highest BCUT2D eigenvalue weighted by Crippen LogP contribution is 2.17. The third kappa shape index (κ3) is 3.93. The summed E-state index contributed by atoms with van der Waals surface area (Å²) in [6.45, 7) is 1.77. The molecule has 110 valence electrons. The van der Waals surface area contributed by atoms with Crippen LogP contribution in [0.4, 0.5) is 4.79 Å². The molecule has 7 heteroatoms. The minimum absolute atomic E-state index is 0.130. The summed E-state index contributed by atoms with van der Waals surface area (Å²) in [5, 5.41) is 14.5. The predicted octanol–water partition coefficient (Wildman–Crippen LogP) is 1.98. The summed E-state index contributed by atoms with van der Waals surface area (Å²) in [6, 6.07) is 1.40. The van der Waals surface area contributed by atoms with Crippen LogP contribution in [0.2, 0.25) is 0 Å². The van der Waals surface area contributed by atoms with Crippen molar-refractivity contribution >= 4 is 23.8 Å². The average molecular weight is 298 g/mol. The number of nitrogens with one attached hydrogen (secondary N) is 2. The van der Waals surface area contributed by atoms with Gasteiger partial charge in [-0.15, -0.1) is 0 Å². The Kier molecular flexibility index (Phi) is 4.94. The van der Waals surface area contributed by atoms with Crippen molar-refractivity contribution < 1.29 is 19.1 Å². The van der Waals surface area contributed by atoms with Gasteiger partial charge in [0.25, 0.3) is 0 Å². The molecule has 1 aliphatic rings. The van der Waals surface area contributed by atoms with Crippen LogP contribution in [0.3, 0.4) is 0 Å². The van der Waals surface area contributed by atoms with Gasteiger partial charge in [-0.05, 0) is 31.6 Å². The van der Waals surface area contributed by atoms with E-state index >= 15 is 0 Å². The maximum atomic E-state index is 11.7. The smallest absolute Gasteiger partial charge is 0.339 e. The van der Waals surface area contributed by atoms with E-state index in [1.165, 1.54) is 6.07 Å². The first-order valence-corrected chi connectivity index (χ1v) is 7.66. The van der Waals surface area contributed by atoms with Gasteiger partial charge in [0, 0.05) is 11.8 Å². The fourth-order valence-electron chi connectivity index (χ4n) is 2.10. The zero-order valence-corrected chi connectivity index (χ0v) is 12.1. The van der Waals surface area contributed by atoms with Crippen LogP contribution in [0.1, 0.15) is 34.7 Å². The van der Waals surface area contributed by atoms with Crippen LogP contribution in [0.15, 0.2) is 10.5 Å². The first kappa shape index (κ1) is 14.8. The van der Waals surface area contributed by atoms with Gasteiger partial charge in [0.1, 0.15) is 17.1 Å². The van der Waals surface area contributed by atoms with Gasteiger partial charge in [-0.1, -0.05) is 0 Å². The van der Waals surface area contributed by atoms with E-state index in [1.54, 1.807) is 6.92 Å². The van der Waals surface area contributed by atoms with E-state index in [4.69, 9.17) is 9.52 Å². The number of hydrogen-bond donors (Lipinski definition) is 3. The summed E-state index contributed by atoms with van der Waals surface area (Å²) >= 11 is 1.84. The third-order valence-corrected chi connectivity index (χ3v) is 4.33. The minimum Gasteiger partial charge on any atom is -0.478 e. The first-order valence-electron chi connectivity index (χ1n) is 6.51. The number of carboxylic acid groups (broad SMARTS) is 1. The maximum absolute atomic E-state index is 11.7. The number of hydrogen-bond acceptors (Lipinski definition) is 4. The molecule has 0 spiro atoms. The van der Waals surface area contributed by atoms with Crippen molar-refractivity contribution in [2.75, 3.05) is 11.5 Å². The Labute approximate surface area is 121 Å². The number of furan rings is 1. The highest BCUT2D eigenvalue weighted by molar-refractivity contribution is 7.99. The second-order valence-electron chi connectivity index (χ2n) is 4.73. The summed E-state index contributed by atoms with van der Waals surface area (Å²) in [4.78, 5) is 22.6. The fraction of sp³-hybridized carbons (Fsp3) is 0.538. The molecule has 1 unspecified atom stereocenters. The number of urea groups is 1.